The Morgan fingerprint density at radius 1 is 1.43 bits per heavy atom. The van der Waals surface area contributed by atoms with E-state index in [0.717, 1.165) is 17.9 Å². The van der Waals surface area contributed by atoms with Crippen molar-refractivity contribution in [2.45, 2.75) is 19.4 Å². The van der Waals surface area contributed by atoms with Gasteiger partial charge in [0.05, 0.1) is 22.6 Å². The van der Waals surface area contributed by atoms with Crippen molar-refractivity contribution in [3.63, 3.8) is 0 Å². The molecule has 2 rings (SSSR count). The van der Waals surface area contributed by atoms with E-state index in [1.54, 1.807) is 0 Å². The predicted molar refractivity (Wildman–Crippen MR) is 61.8 cm³/mol. The summed E-state index contributed by atoms with van der Waals surface area (Å²) in [5.74, 6) is 0. The summed E-state index contributed by atoms with van der Waals surface area (Å²) in [7, 11) is 2.11. The number of fused-ring (bicyclic) bond motifs is 1. The van der Waals surface area contributed by atoms with Crippen molar-refractivity contribution in [2.75, 3.05) is 29.5 Å². The van der Waals surface area contributed by atoms with Crippen molar-refractivity contribution in [1.29, 1.82) is 0 Å². The summed E-state index contributed by atoms with van der Waals surface area (Å²) in [6, 6.07) is 6.02. The molecule has 0 saturated heterocycles. The van der Waals surface area contributed by atoms with Gasteiger partial charge in [-0.25, -0.2) is 0 Å². The van der Waals surface area contributed by atoms with E-state index in [4.69, 9.17) is 5.73 Å². The molecule has 0 atom stereocenters. The van der Waals surface area contributed by atoms with Crippen molar-refractivity contribution in [2.24, 2.45) is 0 Å². The zero-order valence-corrected chi connectivity index (χ0v) is 8.96. The highest BCUT2D eigenvalue weighted by molar-refractivity contribution is 5.83. The lowest BCUT2D eigenvalue weighted by Crippen LogP contribution is -2.50. The lowest BCUT2D eigenvalue weighted by Gasteiger charge is -2.43. The summed E-state index contributed by atoms with van der Waals surface area (Å²) in [6.07, 6.45) is 0. The molecule has 3 heteroatoms. The molecule has 0 unspecified atom stereocenters. The molecule has 1 aliphatic rings. The predicted octanol–water partition coefficient (Wildman–Crippen LogP) is 1.91. The average molecular weight is 191 g/mol. The lowest BCUT2D eigenvalue weighted by atomic mass is 9.98. The molecule has 0 aliphatic carbocycles. The van der Waals surface area contributed by atoms with Gasteiger partial charge in [-0.2, -0.15) is 0 Å². The summed E-state index contributed by atoms with van der Waals surface area (Å²) in [5.41, 5.74) is 9.11. The molecule has 1 aliphatic heterocycles. The third kappa shape index (κ3) is 1.20. The van der Waals surface area contributed by atoms with E-state index in [1.807, 2.05) is 12.1 Å². The quantitative estimate of drug-likeness (QED) is 0.615. The Labute approximate surface area is 84.9 Å². The molecular formula is C11H17N3. The first kappa shape index (κ1) is 9.19. The van der Waals surface area contributed by atoms with E-state index in [2.05, 4.69) is 37.2 Å². The largest absolute Gasteiger partial charge is 0.397 e. The summed E-state index contributed by atoms with van der Waals surface area (Å²) >= 11 is 0. The summed E-state index contributed by atoms with van der Waals surface area (Å²) < 4.78 is 0. The summed E-state index contributed by atoms with van der Waals surface area (Å²) in [4.78, 5) is 2.27. The molecule has 3 N–H and O–H groups in total. The first-order valence-corrected chi connectivity index (χ1v) is 4.88. The van der Waals surface area contributed by atoms with Crippen molar-refractivity contribution in [1.82, 2.24) is 0 Å². The molecule has 3 nitrogen and oxygen atoms in total. The SMILES string of the molecule is CN1c2cccc(N)c2NCC1(C)C. The minimum Gasteiger partial charge on any atom is -0.397 e. The van der Waals surface area contributed by atoms with E-state index >= 15 is 0 Å². The van der Waals surface area contributed by atoms with Crippen LogP contribution >= 0.6 is 0 Å². The molecule has 0 amide bonds. The number of likely N-dealkylation sites (N-methyl/N-ethyl adjacent to an activating group) is 1. The monoisotopic (exact) mass is 191 g/mol. The van der Waals surface area contributed by atoms with E-state index in [0.29, 0.717) is 0 Å². The molecular weight excluding hydrogens is 174 g/mol. The van der Waals surface area contributed by atoms with Gasteiger partial charge in [-0.1, -0.05) is 6.07 Å². The minimum absolute atomic E-state index is 0.140. The van der Waals surface area contributed by atoms with Gasteiger partial charge in [-0.15, -0.1) is 0 Å². The van der Waals surface area contributed by atoms with Gasteiger partial charge in [0.15, 0.2) is 0 Å². The summed E-state index contributed by atoms with van der Waals surface area (Å²) in [6.45, 7) is 5.35. The van der Waals surface area contributed by atoms with Gasteiger partial charge in [0.2, 0.25) is 0 Å². The first-order chi connectivity index (χ1) is 6.52. The molecule has 0 saturated carbocycles. The van der Waals surface area contributed by atoms with Crippen LogP contribution in [-0.4, -0.2) is 19.1 Å². The zero-order chi connectivity index (χ0) is 10.3. The minimum atomic E-state index is 0.140. The third-order valence-corrected chi connectivity index (χ3v) is 3.04. The molecule has 0 spiro atoms. The number of nitrogens with one attached hydrogen (secondary N) is 1. The number of benzene rings is 1. The fourth-order valence-electron chi connectivity index (χ4n) is 1.78. The normalized spacial score (nSPS) is 18.6. The van der Waals surface area contributed by atoms with Gasteiger partial charge in [-0.3, -0.25) is 0 Å². The number of hydrogen-bond acceptors (Lipinski definition) is 3. The van der Waals surface area contributed by atoms with Crippen molar-refractivity contribution >= 4 is 17.1 Å². The van der Waals surface area contributed by atoms with E-state index in [-0.39, 0.29) is 5.54 Å². The second-order valence-corrected chi connectivity index (χ2v) is 4.47. The van der Waals surface area contributed by atoms with Crippen LogP contribution in [0.15, 0.2) is 18.2 Å². The zero-order valence-electron chi connectivity index (χ0n) is 8.96. The Morgan fingerprint density at radius 2 is 2.14 bits per heavy atom. The topological polar surface area (TPSA) is 41.3 Å². The molecule has 1 aromatic carbocycles. The number of nitrogen functional groups attached to an aromatic ring is 1. The average Bonchev–Trinajstić information content (AvgIpc) is 2.13. The van der Waals surface area contributed by atoms with Crippen LogP contribution in [0.1, 0.15) is 13.8 Å². The number of rotatable bonds is 0. The first-order valence-electron chi connectivity index (χ1n) is 4.88. The molecule has 14 heavy (non-hydrogen) atoms. The van der Waals surface area contributed by atoms with Gasteiger partial charge in [-0.05, 0) is 26.0 Å². The standard InChI is InChI=1S/C11H17N3/c1-11(2)7-13-10-8(12)5-4-6-9(10)14(11)3/h4-6,13H,7,12H2,1-3H3. The Bertz CT molecular complexity index is 358. The summed E-state index contributed by atoms with van der Waals surface area (Å²) in [5, 5.41) is 3.38. The molecule has 0 radical (unpaired) electrons. The second kappa shape index (κ2) is 2.80. The van der Waals surface area contributed by atoms with Crippen LogP contribution in [0.5, 0.6) is 0 Å². The van der Waals surface area contributed by atoms with E-state index < -0.39 is 0 Å². The number of para-hydroxylation sites is 1. The highest BCUT2D eigenvalue weighted by Crippen LogP contribution is 2.38. The number of nitrogens with zero attached hydrogens (tertiary/aromatic N) is 1. The maximum Gasteiger partial charge on any atom is 0.0812 e. The number of hydrogen-bond donors (Lipinski definition) is 2. The molecule has 0 fully saturated rings. The van der Waals surface area contributed by atoms with Gasteiger partial charge in [0.25, 0.3) is 0 Å². The fourth-order valence-corrected chi connectivity index (χ4v) is 1.78. The van der Waals surface area contributed by atoms with Crippen molar-refractivity contribution in [3.05, 3.63) is 18.2 Å². The van der Waals surface area contributed by atoms with Crippen LogP contribution in [-0.2, 0) is 0 Å². The van der Waals surface area contributed by atoms with Crippen LogP contribution in [0.3, 0.4) is 0 Å². The highest BCUT2D eigenvalue weighted by atomic mass is 15.2. The Hall–Kier alpha value is -1.38. The fraction of sp³-hybridized carbons (Fsp3) is 0.455. The Morgan fingerprint density at radius 3 is 2.86 bits per heavy atom. The van der Waals surface area contributed by atoms with Crippen molar-refractivity contribution in [3.8, 4) is 0 Å². The molecule has 0 aromatic heterocycles. The van der Waals surface area contributed by atoms with E-state index in [1.165, 1.54) is 5.69 Å². The second-order valence-electron chi connectivity index (χ2n) is 4.47. The maximum absolute atomic E-state index is 5.90. The number of anilines is 3. The molecule has 76 valence electrons. The molecule has 1 aromatic rings. The lowest BCUT2D eigenvalue weighted by molar-refractivity contribution is 0.503. The van der Waals surface area contributed by atoms with Crippen LogP contribution in [0, 0.1) is 0 Å². The van der Waals surface area contributed by atoms with Gasteiger partial charge >= 0.3 is 0 Å². The smallest absolute Gasteiger partial charge is 0.0812 e. The Balaban J connectivity index is 2.51. The maximum atomic E-state index is 5.90. The van der Waals surface area contributed by atoms with Crippen LogP contribution in [0.25, 0.3) is 0 Å². The number of nitrogens with two attached hydrogens (primary N) is 1. The molecule has 1 heterocycles. The van der Waals surface area contributed by atoms with Gasteiger partial charge in [0.1, 0.15) is 0 Å². The van der Waals surface area contributed by atoms with Crippen molar-refractivity contribution < 1.29 is 0 Å². The molecule has 0 bridgehead atoms. The van der Waals surface area contributed by atoms with Crippen LogP contribution < -0.4 is 16.0 Å². The third-order valence-electron chi connectivity index (χ3n) is 3.04. The highest BCUT2D eigenvalue weighted by Gasteiger charge is 2.30. The van der Waals surface area contributed by atoms with Crippen LogP contribution in [0.2, 0.25) is 0 Å². The van der Waals surface area contributed by atoms with E-state index in [9.17, 15) is 0 Å². The van der Waals surface area contributed by atoms with Crippen LogP contribution in [0.4, 0.5) is 17.1 Å². The van der Waals surface area contributed by atoms with Gasteiger partial charge in [0, 0.05) is 13.6 Å². The Kier molecular flexibility index (Phi) is 1.84. The van der Waals surface area contributed by atoms with Gasteiger partial charge < -0.3 is 16.0 Å².